The Kier molecular flexibility index (Phi) is 5.83. The second-order valence-electron chi connectivity index (χ2n) is 3.85. The van der Waals surface area contributed by atoms with Gasteiger partial charge in [0.05, 0.1) is 0 Å². The van der Waals surface area contributed by atoms with E-state index in [1.165, 1.54) is 38.1 Å². The molecule has 0 aromatic heterocycles. The predicted molar refractivity (Wildman–Crippen MR) is 61.5 cm³/mol. The molecule has 1 rings (SSSR count). The second-order valence-corrected chi connectivity index (χ2v) is 5.26. The lowest BCUT2D eigenvalue weighted by atomic mass is 10.2. The molecule has 1 N–H and O–H groups in total. The van der Waals surface area contributed by atoms with Gasteiger partial charge in [0.25, 0.3) is 0 Å². The van der Waals surface area contributed by atoms with Crippen molar-refractivity contribution in [1.82, 2.24) is 10.2 Å². The van der Waals surface area contributed by atoms with E-state index in [4.69, 9.17) is 0 Å². The molecule has 0 radical (unpaired) electrons. The second kappa shape index (κ2) is 6.68. The van der Waals surface area contributed by atoms with Gasteiger partial charge in [0, 0.05) is 24.9 Å². The van der Waals surface area contributed by atoms with Crippen LogP contribution >= 0.6 is 11.8 Å². The average molecular weight is 202 g/mol. The van der Waals surface area contributed by atoms with E-state index in [0.29, 0.717) is 0 Å². The molecule has 1 saturated heterocycles. The van der Waals surface area contributed by atoms with Crippen LogP contribution in [0.15, 0.2) is 0 Å². The first-order valence-corrected chi connectivity index (χ1v) is 6.32. The summed E-state index contributed by atoms with van der Waals surface area (Å²) >= 11 is 2.16. The number of thioether (sulfide) groups is 1. The van der Waals surface area contributed by atoms with E-state index >= 15 is 0 Å². The first-order chi connectivity index (χ1) is 6.33. The quantitative estimate of drug-likeness (QED) is 0.726. The molecule has 1 unspecified atom stereocenters. The van der Waals surface area contributed by atoms with Crippen molar-refractivity contribution in [2.75, 3.05) is 39.5 Å². The van der Waals surface area contributed by atoms with Gasteiger partial charge in [-0.05, 0) is 32.7 Å². The zero-order chi connectivity index (χ0) is 9.52. The third-order valence-corrected chi connectivity index (χ3v) is 3.91. The van der Waals surface area contributed by atoms with Crippen LogP contribution < -0.4 is 5.32 Å². The van der Waals surface area contributed by atoms with Crippen LogP contribution in [-0.4, -0.2) is 49.6 Å². The van der Waals surface area contributed by atoms with Crippen LogP contribution in [0.1, 0.15) is 19.3 Å². The van der Waals surface area contributed by atoms with E-state index < -0.39 is 0 Å². The monoisotopic (exact) mass is 202 g/mol. The summed E-state index contributed by atoms with van der Waals surface area (Å²) in [6, 6.07) is 0. The highest BCUT2D eigenvalue weighted by molar-refractivity contribution is 7.99. The zero-order valence-corrected chi connectivity index (χ0v) is 9.70. The van der Waals surface area contributed by atoms with Crippen LogP contribution in [0.4, 0.5) is 0 Å². The maximum absolute atomic E-state index is 3.19. The van der Waals surface area contributed by atoms with Gasteiger partial charge in [-0.25, -0.2) is 0 Å². The first kappa shape index (κ1) is 11.3. The molecule has 0 bridgehead atoms. The maximum atomic E-state index is 3.19. The van der Waals surface area contributed by atoms with Gasteiger partial charge in [0.2, 0.25) is 0 Å². The van der Waals surface area contributed by atoms with Gasteiger partial charge in [-0.3, -0.25) is 0 Å². The number of nitrogens with one attached hydrogen (secondary N) is 1. The van der Waals surface area contributed by atoms with Crippen molar-refractivity contribution in [2.24, 2.45) is 0 Å². The molecule has 2 nitrogen and oxygen atoms in total. The molecule has 1 aliphatic heterocycles. The summed E-state index contributed by atoms with van der Waals surface area (Å²) in [6.45, 7) is 3.55. The number of nitrogens with zero attached hydrogens (tertiary/aromatic N) is 1. The molecule has 0 spiro atoms. The smallest absolute Gasteiger partial charge is 0.0174 e. The minimum Gasteiger partial charge on any atom is -0.318 e. The lowest BCUT2D eigenvalue weighted by molar-refractivity contribution is 0.329. The summed E-state index contributed by atoms with van der Waals surface area (Å²) < 4.78 is 0. The fourth-order valence-corrected chi connectivity index (χ4v) is 3.09. The van der Waals surface area contributed by atoms with Crippen LogP contribution in [0.2, 0.25) is 0 Å². The van der Waals surface area contributed by atoms with E-state index in [1.54, 1.807) is 0 Å². The number of likely N-dealkylation sites (N-methyl/N-ethyl adjacent to an activating group) is 2. The first-order valence-electron chi connectivity index (χ1n) is 5.27. The minimum atomic E-state index is 0.899. The van der Waals surface area contributed by atoms with Gasteiger partial charge in [0.15, 0.2) is 0 Å². The third kappa shape index (κ3) is 4.89. The van der Waals surface area contributed by atoms with E-state index in [1.807, 2.05) is 7.05 Å². The standard InChI is InChI=1S/C10H22N2S/c1-11-6-7-12(2)9-10-5-3-4-8-13-10/h10-11H,3-9H2,1-2H3. The zero-order valence-electron chi connectivity index (χ0n) is 8.88. The molecule has 0 aliphatic carbocycles. The van der Waals surface area contributed by atoms with Gasteiger partial charge in [-0.2, -0.15) is 11.8 Å². The number of hydrogen-bond acceptors (Lipinski definition) is 3. The molecule has 0 amide bonds. The summed E-state index contributed by atoms with van der Waals surface area (Å²) in [4.78, 5) is 2.44. The van der Waals surface area contributed by atoms with Crippen LogP contribution in [-0.2, 0) is 0 Å². The fourth-order valence-electron chi connectivity index (χ4n) is 1.69. The Morgan fingerprint density at radius 2 is 2.31 bits per heavy atom. The lowest BCUT2D eigenvalue weighted by Crippen LogP contribution is -2.33. The summed E-state index contributed by atoms with van der Waals surface area (Å²) in [7, 11) is 4.25. The molecule has 1 heterocycles. The van der Waals surface area contributed by atoms with Crippen LogP contribution in [0.25, 0.3) is 0 Å². The largest absolute Gasteiger partial charge is 0.318 e. The topological polar surface area (TPSA) is 15.3 Å². The predicted octanol–water partition coefficient (Wildman–Crippen LogP) is 1.42. The molecule has 3 heteroatoms. The van der Waals surface area contributed by atoms with Gasteiger partial charge < -0.3 is 10.2 Å². The SMILES string of the molecule is CNCCN(C)CC1CCCCS1. The maximum Gasteiger partial charge on any atom is 0.0174 e. The molecule has 1 aliphatic rings. The van der Waals surface area contributed by atoms with Gasteiger partial charge >= 0.3 is 0 Å². The Hall–Kier alpha value is 0.270. The van der Waals surface area contributed by atoms with Crippen LogP contribution in [0.5, 0.6) is 0 Å². The highest BCUT2D eigenvalue weighted by atomic mass is 32.2. The van der Waals surface area contributed by atoms with Crippen molar-refractivity contribution in [3.05, 3.63) is 0 Å². The molecule has 78 valence electrons. The Morgan fingerprint density at radius 3 is 2.92 bits per heavy atom. The van der Waals surface area contributed by atoms with E-state index in [-0.39, 0.29) is 0 Å². The molecule has 0 aromatic carbocycles. The number of hydrogen-bond donors (Lipinski definition) is 1. The lowest BCUT2D eigenvalue weighted by Gasteiger charge is -2.26. The van der Waals surface area contributed by atoms with E-state index in [2.05, 4.69) is 29.0 Å². The van der Waals surface area contributed by atoms with E-state index in [0.717, 1.165) is 11.8 Å². The van der Waals surface area contributed by atoms with Crippen molar-refractivity contribution < 1.29 is 0 Å². The van der Waals surface area contributed by atoms with Gasteiger partial charge in [0.1, 0.15) is 0 Å². The van der Waals surface area contributed by atoms with Gasteiger partial charge in [-0.1, -0.05) is 6.42 Å². The Labute approximate surface area is 86.5 Å². The molecule has 0 saturated carbocycles. The minimum absolute atomic E-state index is 0.899. The molecule has 13 heavy (non-hydrogen) atoms. The van der Waals surface area contributed by atoms with Crippen molar-refractivity contribution >= 4 is 11.8 Å². The molecule has 1 atom stereocenters. The third-order valence-electron chi connectivity index (χ3n) is 2.53. The Balaban J connectivity index is 2.07. The van der Waals surface area contributed by atoms with Gasteiger partial charge in [-0.15, -0.1) is 0 Å². The molecule has 1 fully saturated rings. The highest BCUT2D eigenvalue weighted by Crippen LogP contribution is 2.25. The summed E-state index contributed by atoms with van der Waals surface area (Å²) in [5, 5.41) is 4.09. The fraction of sp³-hybridized carbons (Fsp3) is 1.00. The van der Waals surface area contributed by atoms with Crippen molar-refractivity contribution in [1.29, 1.82) is 0 Å². The summed E-state index contributed by atoms with van der Waals surface area (Å²) in [5.41, 5.74) is 0. The normalized spacial score (nSPS) is 23.8. The van der Waals surface area contributed by atoms with Crippen molar-refractivity contribution in [3.8, 4) is 0 Å². The van der Waals surface area contributed by atoms with Crippen molar-refractivity contribution in [3.63, 3.8) is 0 Å². The van der Waals surface area contributed by atoms with Crippen molar-refractivity contribution in [2.45, 2.75) is 24.5 Å². The highest BCUT2D eigenvalue weighted by Gasteiger charge is 2.15. The van der Waals surface area contributed by atoms with Crippen LogP contribution in [0, 0.1) is 0 Å². The Morgan fingerprint density at radius 1 is 1.46 bits per heavy atom. The molecular weight excluding hydrogens is 180 g/mol. The average Bonchev–Trinajstić information content (AvgIpc) is 2.16. The van der Waals surface area contributed by atoms with E-state index in [9.17, 15) is 0 Å². The molecule has 0 aromatic rings. The molecular formula is C10H22N2S. The summed E-state index contributed by atoms with van der Waals surface area (Å²) in [5.74, 6) is 1.38. The van der Waals surface area contributed by atoms with Crippen LogP contribution in [0.3, 0.4) is 0 Å². The Bertz CT molecular complexity index is 124. The summed E-state index contributed by atoms with van der Waals surface area (Å²) in [6.07, 6.45) is 4.30. The number of rotatable bonds is 5.